The molecule has 0 unspecified atom stereocenters. The lowest BCUT2D eigenvalue weighted by molar-refractivity contribution is -0.131. The van der Waals surface area contributed by atoms with Crippen LogP contribution in [-0.2, 0) is 16.1 Å². The molecule has 0 atom stereocenters. The molecule has 1 fully saturated rings. The molecule has 6 heteroatoms. The summed E-state index contributed by atoms with van der Waals surface area (Å²) in [4.78, 5) is 27.5. The first kappa shape index (κ1) is 19.3. The number of nitrogens with zero attached hydrogens (tertiary/aromatic N) is 1. The number of ether oxygens (including phenoxy) is 2. The van der Waals surface area contributed by atoms with Crippen molar-refractivity contribution in [2.45, 2.75) is 45.6 Å². The molecule has 1 aliphatic carbocycles. The van der Waals surface area contributed by atoms with Crippen molar-refractivity contribution in [3.05, 3.63) is 29.5 Å². The number of carbonyl (C=O) groups is 2. The lowest BCUT2D eigenvalue weighted by Crippen LogP contribution is -2.38. The zero-order valence-electron chi connectivity index (χ0n) is 16.3. The minimum Gasteiger partial charge on any atom is -0.493 e. The van der Waals surface area contributed by atoms with Gasteiger partial charge in [-0.25, -0.2) is 0 Å². The molecule has 1 heterocycles. The van der Waals surface area contributed by atoms with Crippen LogP contribution in [0.2, 0.25) is 0 Å². The van der Waals surface area contributed by atoms with Gasteiger partial charge in [-0.05, 0) is 43.0 Å². The molecule has 146 valence electrons. The van der Waals surface area contributed by atoms with Crippen molar-refractivity contribution in [2.75, 3.05) is 20.8 Å². The quantitative estimate of drug-likeness (QED) is 0.805. The number of methoxy groups -OCH3 is 2. The molecule has 1 aromatic rings. The van der Waals surface area contributed by atoms with Crippen molar-refractivity contribution in [1.82, 2.24) is 10.2 Å². The van der Waals surface area contributed by atoms with Crippen molar-refractivity contribution < 1.29 is 19.1 Å². The predicted octanol–water partition coefficient (Wildman–Crippen LogP) is 3.10. The molecule has 2 aliphatic rings. The van der Waals surface area contributed by atoms with E-state index in [4.69, 9.17) is 9.47 Å². The molecular weight excluding hydrogens is 344 g/mol. The van der Waals surface area contributed by atoms with Crippen molar-refractivity contribution in [2.24, 2.45) is 5.92 Å². The fourth-order valence-corrected chi connectivity index (χ4v) is 3.85. The molecule has 0 spiro atoms. The highest BCUT2D eigenvalue weighted by molar-refractivity contribution is 6.24. The van der Waals surface area contributed by atoms with E-state index < -0.39 is 0 Å². The summed E-state index contributed by atoms with van der Waals surface area (Å²) >= 11 is 0. The van der Waals surface area contributed by atoms with E-state index in [1.54, 1.807) is 14.2 Å². The van der Waals surface area contributed by atoms with Gasteiger partial charge in [-0.3, -0.25) is 14.9 Å². The van der Waals surface area contributed by atoms with Gasteiger partial charge in [-0.1, -0.05) is 19.3 Å². The third kappa shape index (κ3) is 4.10. The van der Waals surface area contributed by atoms with Crippen LogP contribution in [-0.4, -0.2) is 37.5 Å². The molecule has 0 bridgehead atoms. The number of imide groups is 1. The summed E-state index contributed by atoms with van der Waals surface area (Å²) in [5, 5.41) is 2.63. The fourth-order valence-electron chi connectivity index (χ4n) is 3.85. The molecule has 1 N–H and O–H groups in total. The number of nitrogens with one attached hydrogen (secondary N) is 1. The van der Waals surface area contributed by atoms with Crippen LogP contribution in [0.25, 0.3) is 5.57 Å². The Morgan fingerprint density at radius 3 is 2.41 bits per heavy atom. The lowest BCUT2D eigenvalue weighted by Gasteiger charge is -2.28. The number of benzene rings is 1. The first-order chi connectivity index (χ1) is 13.1. The van der Waals surface area contributed by atoms with Crippen LogP contribution >= 0.6 is 0 Å². The molecule has 2 amide bonds. The van der Waals surface area contributed by atoms with E-state index >= 15 is 0 Å². The largest absolute Gasteiger partial charge is 0.493 e. The Labute approximate surface area is 160 Å². The number of hydrogen-bond donors (Lipinski definition) is 1. The third-order valence-electron chi connectivity index (χ3n) is 5.45. The Morgan fingerprint density at radius 2 is 1.78 bits per heavy atom. The summed E-state index contributed by atoms with van der Waals surface area (Å²) in [6.45, 7) is 3.48. The molecule has 27 heavy (non-hydrogen) atoms. The normalized spacial score (nSPS) is 17.0. The Bertz CT molecular complexity index is 751. The maximum absolute atomic E-state index is 12.9. The number of fused-ring (bicyclic) bond motifs is 1. The maximum atomic E-state index is 12.9. The number of amides is 2. The Kier molecular flexibility index (Phi) is 6.04. The van der Waals surface area contributed by atoms with Crippen LogP contribution < -0.4 is 14.8 Å². The van der Waals surface area contributed by atoms with Crippen molar-refractivity contribution in [3.63, 3.8) is 0 Å². The smallest absolute Gasteiger partial charge is 0.259 e. The first-order valence-corrected chi connectivity index (χ1v) is 9.63. The summed E-state index contributed by atoms with van der Waals surface area (Å²) in [6, 6.07) is 3.72. The average Bonchev–Trinajstić information content (AvgIpc) is 2.72. The standard InChI is InChI=1S/C21H28N2O4/c1-4-23-12-15-10-18(26-2)19(27-3)11-16(15)17(13-23)21(25)22-20(24)14-8-6-5-7-9-14/h10-11,13-14H,4-9,12H2,1-3H3,(H,22,24,25). The van der Waals surface area contributed by atoms with E-state index in [-0.39, 0.29) is 17.7 Å². The van der Waals surface area contributed by atoms with E-state index in [9.17, 15) is 9.59 Å². The van der Waals surface area contributed by atoms with Gasteiger partial charge >= 0.3 is 0 Å². The summed E-state index contributed by atoms with van der Waals surface area (Å²) in [5.41, 5.74) is 2.25. The van der Waals surface area contributed by atoms with E-state index in [1.165, 1.54) is 6.42 Å². The monoisotopic (exact) mass is 372 g/mol. The second-order valence-electron chi connectivity index (χ2n) is 7.12. The lowest BCUT2D eigenvalue weighted by atomic mass is 9.88. The van der Waals surface area contributed by atoms with E-state index in [0.717, 1.165) is 43.4 Å². The molecule has 0 aromatic heterocycles. The van der Waals surface area contributed by atoms with Crippen LogP contribution in [0.1, 0.15) is 50.2 Å². The van der Waals surface area contributed by atoms with Gasteiger partial charge in [0, 0.05) is 25.2 Å². The maximum Gasteiger partial charge on any atom is 0.259 e. The van der Waals surface area contributed by atoms with Gasteiger partial charge in [0.25, 0.3) is 5.91 Å². The van der Waals surface area contributed by atoms with Gasteiger partial charge in [0.05, 0.1) is 19.8 Å². The molecule has 0 saturated heterocycles. The van der Waals surface area contributed by atoms with E-state index in [0.29, 0.717) is 23.6 Å². The van der Waals surface area contributed by atoms with Crippen molar-refractivity contribution in [3.8, 4) is 11.5 Å². The van der Waals surface area contributed by atoms with Gasteiger partial charge in [0.1, 0.15) is 0 Å². The molecule has 0 radical (unpaired) electrons. The average molecular weight is 372 g/mol. The molecule has 1 saturated carbocycles. The minimum absolute atomic E-state index is 0.0564. The molecule has 6 nitrogen and oxygen atoms in total. The molecule has 3 rings (SSSR count). The minimum atomic E-state index is -0.350. The van der Waals surface area contributed by atoms with Gasteiger partial charge < -0.3 is 14.4 Å². The molecule has 1 aromatic carbocycles. The molecule has 1 aliphatic heterocycles. The van der Waals surface area contributed by atoms with Crippen molar-refractivity contribution in [1.29, 1.82) is 0 Å². The van der Waals surface area contributed by atoms with Crippen LogP contribution in [0.4, 0.5) is 0 Å². The predicted molar refractivity (Wildman–Crippen MR) is 103 cm³/mol. The Balaban J connectivity index is 1.87. The highest BCUT2D eigenvalue weighted by Crippen LogP contribution is 2.37. The van der Waals surface area contributed by atoms with E-state index in [1.807, 2.05) is 30.2 Å². The third-order valence-corrected chi connectivity index (χ3v) is 5.45. The second-order valence-corrected chi connectivity index (χ2v) is 7.12. The van der Waals surface area contributed by atoms with Crippen LogP contribution in [0, 0.1) is 5.92 Å². The summed E-state index contributed by atoms with van der Waals surface area (Å²) in [5.74, 6) is 0.637. The highest BCUT2D eigenvalue weighted by Gasteiger charge is 2.28. The zero-order valence-corrected chi connectivity index (χ0v) is 16.3. The number of carbonyl (C=O) groups excluding carboxylic acids is 2. The summed E-state index contributed by atoms with van der Waals surface area (Å²) in [6.07, 6.45) is 6.83. The number of rotatable bonds is 5. The van der Waals surface area contributed by atoms with Crippen LogP contribution in [0.5, 0.6) is 11.5 Å². The van der Waals surface area contributed by atoms with Gasteiger partial charge in [0.15, 0.2) is 11.5 Å². The summed E-state index contributed by atoms with van der Waals surface area (Å²) < 4.78 is 10.8. The Hall–Kier alpha value is -2.50. The van der Waals surface area contributed by atoms with Gasteiger partial charge in [-0.15, -0.1) is 0 Å². The Morgan fingerprint density at radius 1 is 1.11 bits per heavy atom. The van der Waals surface area contributed by atoms with Crippen molar-refractivity contribution >= 4 is 17.4 Å². The topological polar surface area (TPSA) is 67.9 Å². The number of hydrogen-bond acceptors (Lipinski definition) is 5. The highest BCUT2D eigenvalue weighted by atomic mass is 16.5. The molecular formula is C21H28N2O4. The van der Waals surface area contributed by atoms with Crippen LogP contribution in [0.15, 0.2) is 18.3 Å². The van der Waals surface area contributed by atoms with Gasteiger partial charge in [-0.2, -0.15) is 0 Å². The van der Waals surface area contributed by atoms with Crippen LogP contribution in [0.3, 0.4) is 0 Å². The second kappa shape index (κ2) is 8.46. The van der Waals surface area contributed by atoms with E-state index in [2.05, 4.69) is 5.32 Å². The van der Waals surface area contributed by atoms with Gasteiger partial charge in [0.2, 0.25) is 5.91 Å². The summed E-state index contributed by atoms with van der Waals surface area (Å²) in [7, 11) is 3.17. The first-order valence-electron chi connectivity index (χ1n) is 9.63. The zero-order chi connectivity index (χ0) is 19.4. The SMILES string of the molecule is CCN1C=C(C(=O)NC(=O)C2CCCCC2)c2cc(OC)c(OC)cc2C1. The fraction of sp³-hybridized carbons (Fsp3) is 0.524.